The van der Waals surface area contributed by atoms with Crippen molar-refractivity contribution in [1.82, 2.24) is 9.66 Å². The van der Waals surface area contributed by atoms with E-state index in [1.165, 1.54) is 29.9 Å². The van der Waals surface area contributed by atoms with E-state index in [0.29, 0.717) is 22.3 Å². The fourth-order valence-electron chi connectivity index (χ4n) is 4.69. The van der Waals surface area contributed by atoms with Gasteiger partial charge in [0, 0.05) is 17.5 Å². The Balaban J connectivity index is 1.79. The van der Waals surface area contributed by atoms with Gasteiger partial charge in [0.25, 0.3) is 5.56 Å². The summed E-state index contributed by atoms with van der Waals surface area (Å²) in [6.45, 7) is 5.17. The summed E-state index contributed by atoms with van der Waals surface area (Å²) < 4.78 is 17.5. The maximum atomic E-state index is 13.5. The van der Waals surface area contributed by atoms with Crippen molar-refractivity contribution in [1.29, 1.82) is 0 Å². The highest BCUT2D eigenvalue weighted by atomic mass is 16.6. The number of hydrogen-bond donors (Lipinski definition) is 0. The highest BCUT2D eigenvalue weighted by Crippen LogP contribution is 2.39. The zero-order chi connectivity index (χ0) is 27.9. The second-order valence-corrected chi connectivity index (χ2v) is 9.25. The molecule has 1 saturated carbocycles. The summed E-state index contributed by atoms with van der Waals surface area (Å²) >= 11 is 0. The molecule has 1 fully saturated rings. The van der Waals surface area contributed by atoms with E-state index in [1.54, 1.807) is 26.0 Å². The Morgan fingerprint density at radius 2 is 1.95 bits per heavy atom. The maximum absolute atomic E-state index is 13.5. The van der Waals surface area contributed by atoms with Gasteiger partial charge in [-0.05, 0) is 51.8 Å². The first-order chi connectivity index (χ1) is 18.8. The summed E-state index contributed by atoms with van der Waals surface area (Å²) in [5.74, 6) is -0.106. The van der Waals surface area contributed by atoms with Crippen LogP contribution in [0, 0.1) is 10.1 Å². The predicted octanol–water partition coefficient (Wildman–Crippen LogP) is 4.96. The Bertz CT molecular complexity index is 1440. The molecule has 206 valence electrons. The molecule has 1 atom stereocenters. The van der Waals surface area contributed by atoms with Crippen LogP contribution in [0.3, 0.4) is 0 Å². The molecule has 0 saturated heterocycles. The van der Waals surface area contributed by atoms with E-state index in [2.05, 4.69) is 5.10 Å². The second kappa shape index (κ2) is 12.5. The molecule has 0 bridgehead atoms. The van der Waals surface area contributed by atoms with Crippen LogP contribution in [0.15, 0.2) is 46.3 Å². The topological polar surface area (TPSA) is 135 Å². The minimum atomic E-state index is -1.09. The number of carbonyl (C=O) groups is 1. The SMILES string of the molecule is CCOC(=O)[C@@H](C)Oc1c(OCC)cc(C=Nn2c(C3CCCCC3)nc3ccccc3c2=O)cc1[N+](=O)[O-]. The number of nitro benzene ring substituents is 1. The number of hydrogen-bond acceptors (Lipinski definition) is 9. The fourth-order valence-corrected chi connectivity index (χ4v) is 4.69. The first-order valence-corrected chi connectivity index (χ1v) is 13.2. The zero-order valence-corrected chi connectivity index (χ0v) is 22.3. The van der Waals surface area contributed by atoms with Crippen LogP contribution < -0.4 is 15.0 Å². The van der Waals surface area contributed by atoms with Gasteiger partial charge in [0.2, 0.25) is 5.75 Å². The lowest BCUT2D eigenvalue weighted by Gasteiger charge is -2.22. The lowest BCUT2D eigenvalue weighted by Crippen LogP contribution is -2.26. The van der Waals surface area contributed by atoms with Gasteiger partial charge < -0.3 is 14.2 Å². The van der Waals surface area contributed by atoms with Gasteiger partial charge >= 0.3 is 11.7 Å². The van der Waals surface area contributed by atoms with Crippen LogP contribution in [0.2, 0.25) is 0 Å². The van der Waals surface area contributed by atoms with Crippen molar-refractivity contribution in [3.05, 3.63) is 68.3 Å². The van der Waals surface area contributed by atoms with Crippen LogP contribution in [0.1, 0.15) is 70.2 Å². The van der Waals surface area contributed by atoms with E-state index >= 15 is 0 Å². The van der Waals surface area contributed by atoms with E-state index in [9.17, 15) is 19.7 Å². The number of aromatic nitrogens is 2. The Morgan fingerprint density at radius 1 is 1.21 bits per heavy atom. The monoisotopic (exact) mass is 536 g/mol. The minimum absolute atomic E-state index is 0.0702. The number of esters is 1. The fraction of sp³-hybridized carbons (Fsp3) is 0.429. The molecule has 0 radical (unpaired) electrons. The van der Waals surface area contributed by atoms with Gasteiger partial charge in [-0.15, -0.1) is 0 Å². The van der Waals surface area contributed by atoms with Gasteiger partial charge in [-0.25, -0.2) is 9.78 Å². The predicted molar refractivity (Wildman–Crippen MR) is 146 cm³/mol. The quantitative estimate of drug-likeness (QED) is 0.153. The Kier molecular flexibility index (Phi) is 8.90. The van der Waals surface area contributed by atoms with Gasteiger partial charge in [-0.3, -0.25) is 14.9 Å². The van der Waals surface area contributed by atoms with Gasteiger partial charge in [-0.1, -0.05) is 31.4 Å². The van der Waals surface area contributed by atoms with Crippen LogP contribution in [0.4, 0.5) is 5.69 Å². The molecule has 0 N–H and O–H groups in total. The summed E-state index contributed by atoms with van der Waals surface area (Å²) in [4.78, 5) is 41.7. The number of nitrogens with zero attached hydrogens (tertiary/aromatic N) is 4. The molecule has 4 rings (SSSR count). The van der Waals surface area contributed by atoms with Gasteiger partial charge in [0.1, 0.15) is 5.82 Å². The third kappa shape index (κ3) is 6.24. The third-order valence-electron chi connectivity index (χ3n) is 6.54. The number of carbonyl (C=O) groups excluding carboxylic acids is 1. The van der Waals surface area contributed by atoms with Crippen LogP contribution in [0.25, 0.3) is 10.9 Å². The summed E-state index contributed by atoms with van der Waals surface area (Å²) in [5, 5.41) is 16.9. The molecule has 2 aromatic carbocycles. The van der Waals surface area contributed by atoms with Crippen molar-refractivity contribution in [3.8, 4) is 11.5 Å². The zero-order valence-electron chi connectivity index (χ0n) is 22.3. The normalized spacial score (nSPS) is 14.8. The molecule has 1 heterocycles. The molecular weight excluding hydrogens is 504 g/mol. The van der Waals surface area contributed by atoms with Crippen LogP contribution >= 0.6 is 0 Å². The van der Waals surface area contributed by atoms with E-state index < -0.39 is 22.7 Å². The van der Waals surface area contributed by atoms with E-state index in [1.807, 2.05) is 12.1 Å². The Labute approximate surface area is 225 Å². The smallest absolute Gasteiger partial charge is 0.347 e. The van der Waals surface area contributed by atoms with Crippen molar-refractivity contribution in [2.24, 2.45) is 5.10 Å². The van der Waals surface area contributed by atoms with Crippen molar-refractivity contribution in [2.75, 3.05) is 13.2 Å². The summed E-state index contributed by atoms with van der Waals surface area (Å²) in [5.41, 5.74) is 0.215. The molecule has 1 aliphatic rings. The average Bonchev–Trinajstić information content (AvgIpc) is 2.94. The number of nitro groups is 1. The molecule has 1 aromatic heterocycles. The Morgan fingerprint density at radius 3 is 2.64 bits per heavy atom. The van der Waals surface area contributed by atoms with Crippen molar-refractivity contribution in [2.45, 2.75) is 64.9 Å². The molecule has 0 spiro atoms. The Hall–Kier alpha value is -4.28. The molecule has 0 amide bonds. The molecular formula is C28H32N4O7. The molecule has 1 aliphatic carbocycles. The third-order valence-corrected chi connectivity index (χ3v) is 6.54. The lowest BCUT2D eigenvalue weighted by molar-refractivity contribution is -0.386. The molecule has 0 unspecified atom stereocenters. The van der Waals surface area contributed by atoms with Crippen molar-refractivity contribution < 1.29 is 23.9 Å². The number of fused-ring (bicyclic) bond motifs is 1. The van der Waals surface area contributed by atoms with Gasteiger partial charge in [0.05, 0.1) is 35.3 Å². The molecule has 3 aromatic rings. The minimum Gasteiger partial charge on any atom is -0.490 e. The van der Waals surface area contributed by atoms with Crippen LogP contribution in [0.5, 0.6) is 11.5 Å². The van der Waals surface area contributed by atoms with Crippen molar-refractivity contribution >= 4 is 28.8 Å². The maximum Gasteiger partial charge on any atom is 0.347 e. The van der Waals surface area contributed by atoms with Crippen LogP contribution in [-0.2, 0) is 9.53 Å². The molecule has 0 aliphatic heterocycles. The van der Waals surface area contributed by atoms with E-state index in [-0.39, 0.29) is 36.2 Å². The standard InChI is InChI=1S/C28H32N4O7/c1-4-37-24-16-19(15-23(32(35)36)25(24)39-18(3)28(34)38-5-2)17-29-31-26(20-11-7-6-8-12-20)30-22-14-10-9-13-21(22)27(31)33/h9-10,13-18,20H,4-8,11-12H2,1-3H3/t18-/m1/s1. The number of benzene rings is 2. The summed E-state index contributed by atoms with van der Waals surface area (Å²) in [7, 11) is 0. The van der Waals surface area contributed by atoms with Crippen LogP contribution in [-0.4, -0.2) is 46.1 Å². The number of para-hydroxylation sites is 1. The highest BCUT2D eigenvalue weighted by molar-refractivity contribution is 5.84. The highest BCUT2D eigenvalue weighted by Gasteiger charge is 2.27. The summed E-state index contributed by atoms with van der Waals surface area (Å²) in [6.07, 6.45) is 5.33. The first-order valence-electron chi connectivity index (χ1n) is 13.2. The lowest BCUT2D eigenvalue weighted by atomic mass is 9.88. The molecule has 11 nitrogen and oxygen atoms in total. The second-order valence-electron chi connectivity index (χ2n) is 9.25. The summed E-state index contributed by atoms with van der Waals surface area (Å²) in [6, 6.07) is 9.91. The van der Waals surface area contributed by atoms with Crippen molar-refractivity contribution in [3.63, 3.8) is 0 Å². The average molecular weight is 537 g/mol. The number of rotatable bonds is 10. The number of ether oxygens (including phenoxy) is 3. The van der Waals surface area contributed by atoms with E-state index in [0.717, 1.165) is 32.1 Å². The molecule has 11 heteroatoms. The van der Waals surface area contributed by atoms with E-state index in [4.69, 9.17) is 19.2 Å². The van der Waals surface area contributed by atoms with Gasteiger partial charge in [-0.2, -0.15) is 9.78 Å². The first kappa shape index (κ1) is 27.7. The molecule has 39 heavy (non-hydrogen) atoms. The van der Waals surface area contributed by atoms with Gasteiger partial charge in [0.15, 0.2) is 11.9 Å². The largest absolute Gasteiger partial charge is 0.490 e.